The molecule has 5 aromatic rings. The first-order valence-corrected chi connectivity index (χ1v) is 16.6. The molecule has 1 amide bonds. The zero-order valence-corrected chi connectivity index (χ0v) is 28.5. The highest BCUT2D eigenvalue weighted by Gasteiger charge is 2.39. The summed E-state index contributed by atoms with van der Waals surface area (Å²) in [5.41, 5.74) is 1.89. The number of alkyl halides is 3. The third-order valence-corrected chi connectivity index (χ3v) is 8.77. The summed E-state index contributed by atoms with van der Waals surface area (Å²) in [5.74, 6) is 5.93. The Morgan fingerprint density at radius 2 is 1.67 bits per heavy atom. The van der Waals surface area contributed by atoms with Gasteiger partial charge in [0.25, 0.3) is 0 Å². The number of hydrogen-bond acceptors (Lipinski definition) is 8. The molecule has 264 valence electrons. The van der Waals surface area contributed by atoms with Crippen molar-refractivity contribution in [3.05, 3.63) is 78.5 Å². The van der Waals surface area contributed by atoms with Crippen LogP contribution in [0.3, 0.4) is 0 Å². The number of nitrogens with zero attached hydrogens (tertiary/aromatic N) is 5. The lowest BCUT2D eigenvalue weighted by molar-refractivity contribution is -0.140. The summed E-state index contributed by atoms with van der Waals surface area (Å²) in [4.78, 5) is 26.2. The highest BCUT2D eigenvalue weighted by atomic mass is 19.4. The van der Waals surface area contributed by atoms with E-state index in [2.05, 4.69) is 26.8 Å². The van der Waals surface area contributed by atoms with Gasteiger partial charge in [0.2, 0.25) is 5.88 Å². The second kappa shape index (κ2) is 13.4. The normalized spacial score (nSPS) is 17.7. The highest BCUT2D eigenvalue weighted by Crippen LogP contribution is 2.40. The van der Waals surface area contributed by atoms with Crippen molar-refractivity contribution in [2.24, 2.45) is 7.05 Å². The molecular weight excluding hydrogens is 663 g/mol. The third-order valence-electron chi connectivity index (χ3n) is 8.77. The van der Waals surface area contributed by atoms with Crippen LogP contribution in [0.15, 0.2) is 67.3 Å². The molecule has 1 aliphatic carbocycles. The van der Waals surface area contributed by atoms with Crippen LogP contribution in [0.25, 0.3) is 32.9 Å². The third kappa shape index (κ3) is 7.56. The molecule has 0 radical (unpaired) electrons. The zero-order valence-electron chi connectivity index (χ0n) is 28.5. The van der Waals surface area contributed by atoms with Gasteiger partial charge in [0.15, 0.2) is 0 Å². The van der Waals surface area contributed by atoms with Crippen molar-refractivity contribution in [2.45, 2.75) is 63.7 Å². The Bertz CT molecular complexity index is 2140. The number of rotatable bonds is 7. The lowest BCUT2D eigenvalue weighted by Crippen LogP contribution is -2.55. The van der Waals surface area contributed by atoms with Gasteiger partial charge in [-0.3, -0.25) is 4.98 Å². The van der Waals surface area contributed by atoms with Gasteiger partial charge in [-0.25, -0.2) is 14.8 Å². The van der Waals surface area contributed by atoms with Crippen LogP contribution in [-0.2, 0) is 22.7 Å². The standard InChI is InChI=1S/C38H36F3N5O5/c1-37(2,3)51-36(47)46-21-29(22-46)48-13-5-6-25-8-9-26(19-43-25)49-27-16-28(17-27)50-35-32(38(39,40)41)14-24(18-44-35)23-7-10-30-31-20-42-12-11-33(31)45(4)34(30)15-23/h7-12,14-15,18-20,27-29H,13,16-17,21-22H2,1-4H3/t27-,28-. The quantitative estimate of drug-likeness (QED) is 0.165. The molecule has 51 heavy (non-hydrogen) atoms. The van der Waals surface area contributed by atoms with Crippen molar-refractivity contribution in [2.75, 3.05) is 19.7 Å². The molecule has 4 aromatic heterocycles. The lowest BCUT2D eigenvalue weighted by atomic mass is 9.92. The second-order valence-electron chi connectivity index (χ2n) is 13.7. The van der Waals surface area contributed by atoms with Crippen molar-refractivity contribution >= 4 is 27.9 Å². The van der Waals surface area contributed by atoms with Crippen molar-refractivity contribution in [3.63, 3.8) is 0 Å². The number of ether oxygens (including phenoxy) is 4. The van der Waals surface area contributed by atoms with Crippen LogP contribution < -0.4 is 9.47 Å². The van der Waals surface area contributed by atoms with Crippen LogP contribution in [-0.4, -0.2) is 74.1 Å². The van der Waals surface area contributed by atoms with Gasteiger partial charge in [-0.15, -0.1) is 0 Å². The molecule has 2 fully saturated rings. The molecule has 13 heteroatoms. The first kappa shape index (κ1) is 34.1. The minimum atomic E-state index is -4.66. The maximum atomic E-state index is 14.2. The predicted octanol–water partition coefficient (Wildman–Crippen LogP) is 7.18. The first-order valence-electron chi connectivity index (χ1n) is 16.6. The molecule has 1 aliphatic heterocycles. The minimum absolute atomic E-state index is 0.0869. The number of carbonyl (C=O) groups is 1. The summed E-state index contributed by atoms with van der Waals surface area (Å²) in [6.07, 6.45) is 1.46. The number of aromatic nitrogens is 4. The minimum Gasteiger partial charge on any atom is -0.489 e. The largest absolute Gasteiger partial charge is 0.489 e. The fourth-order valence-electron chi connectivity index (χ4n) is 6.03. The highest BCUT2D eigenvalue weighted by molar-refractivity contribution is 6.08. The number of amides is 1. The average molecular weight is 700 g/mol. The van der Waals surface area contributed by atoms with Gasteiger partial charge in [-0.2, -0.15) is 13.2 Å². The monoisotopic (exact) mass is 699 g/mol. The van der Waals surface area contributed by atoms with E-state index in [4.69, 9.17) is 18.9 Å². The summed E-state index contributed by atoms with van der Waals surface area (Å²) in [5, 5.41) is 1.94. The van der Waals surface area contributed by atoms with Crippen molar-refractivity contribution in [1.82, 2.24) is 24.4 Å². The van der Waals surface area contributed by atoms with E-state index in [9.17, 15) is 18.0 Å². The molecule has 1 saturated carbocycles. The summed E-state index contributed by atoms with van der Waals surface area (Å²) in [6, 6.07) is 12.0. The van der Waals surface area contributed by atoms with E-state index in [0.29, 0.717) is 48.5 Å². The second-order valence-corrected chi connectivity index (χ2v) is 13.7. The van der Waals surface area contributed by atoms with Crippen LogP contribution in [0.4, 0.5) is 18.0 Å². The van der Waals surface area contributed by atoms with Crippen LogP contribution in [0, 0.1) is 11.8 Å². The molecule has 7 rings (SSSR count). The Labute approximate surface area is 292 Å². The number of fused-ring (bicyclic) bond motifs is 3. The molecule has 5 heterocycles. The van der Waals surface area contributed by atoms with Crippen molar-refractivity contribution < 1.29 is 36.9 Å². The smallest absolute Gasteiger partial charge is 0.421 e. The van der Waals surface area contributed by atoms with Crippen LogP contribution >= 0.6 is 0 Å². The summed E-state index contributed by atoms with van der Waals surface area (Å²) in [7, 11) is 1.92. The molecule has 0 spiro atoms. The van der Waals surface area contributed by atoms with Gasteiger partial charge >= 0.3 is 12.3 Å². The van der Waals surface area contributed by atoms with E-state index in [1.807, 2.05) is 50.6 Å². The number of aryl methyl sites for hydroxylation is 1. The molecule has 2 aliphatic rings. The van der Waals surface area contributed by atoms with E-state index in [-0.39, 0.29) is 24.9 Å². The zero-order chi connectivity index (χ0) is 35.9. The lowest BCUT2D eigenvalue weighted by Gasteiger charge is -2.39. The van der Waals surface area contributed by atoms with E-state index >= 15 is 0 Å². The number of hydrogen-bond donors (Lipinski definition) is 0. The topological polar surface area (TPSA) is 101 Å². The maximum Gasteiger partial charge on any atom is 0.421 e. The van der Waals surface area contributed by atoms with Crippen molar-refractivity contribution in [3.8, 4) is 34.6 Å². The molecular formula is C38H36F3N5O5. The summed E-state index contributed by atoms with van der Waals surface area (Å²) in [6.45, 7) is 6.59. The van der Waals surface area contributed by atoms with Crippen LogP contribution in [0.2, 0.25) is 0 Å². The molecule has 1 aromatic carbocycles. The Morgan fingerprint density at radius 1 is 0.882 bits per heavy atom. The average Bonchev–Trinajstić information content (AvgIpc) is 3.33. The molecule has 10 nitrogen and oxygen atoms in total. The molecule has 0 atom stereocenters. The van der Waals surface area contributed by atoms with E-state index in [1.165, 1.54) is 6.20 Å². The van der Waals surface area contributed by atoms with E-state index in [0.717, 1.165) is 27.9 Å². The van der Waals surface area contributed by atoms with Gasteiger partial charge in [0.1, 0.15) is 41.4 Å². The molecule has 0 N–H and O–H groups in total. The Balaban J connectivity index is 0.904. The molecule has 0 unspecified atom stereocenters. The molecule has 0 bridgehead atoms. The number of benzene rings is 1. The number of likely N-dealkylation sites (tertiary alicyclic amines) is 1. The maximum absolute atomic E-state index is 14.2. The number of carbonyl (C=O) groups excluding carboxylic acids is 1. The Morgan fingerprint density at radius 3 is 2.39 bits per heavy atom. The number of pyridine rings is 3. The Hall–Kier alpha value is -5.35. The summed E-state index contributed by atoms with van der Waals surface area (Å²) >= 11 is 0. The fraction of sp³-hybridized carbons (Fsp3) is 0.368. The van der Waals surface area contributed by atoms with E-state index < -0.39 is 29.3 Å². The SMILES string of the molecule is Cn1c2ccncc2c2ccc(-c3cnc(O[C@H]4C[C@H](Oc5ccc(C#CCOC6CN(C(=O)OC(C)(C)C)C6)nc5)C4)c(C(F)(F)F)c3)cc21. The van der Waals surface area contributed by atoms with E-state index in [1.54, 1.807) is 41.7 Å². The fourth-order valence-corrected chi connectivity index (χ4v) is 6.03. The van der Waals surface area contributed by atoms with Gasteiger partial charge in [-0.1, -0.05) is 18.1 Å². The number of halogens is 3. The van der Waals surface area contributed by atoms with Crippen molar-refractivity contribution in [1.29, 1.82) is 0 Å². The predicted molar refractivity (Wildman–Crippen MR) is 183 cm³/mol. The van der Waals surface area contributed by atoms with Gasteiger partial charge < -0.3 is 28.4 Å². The van der Waals surface area contributed by atoms with Gasteiger partial charge in [0, 0.05) is 60.3 Å². The first-order chi connectivity index (χ1) is 24.3. The molecule has 1 saturated heterocycles. The van der Waals surface area contributed by atoms with Gasteiger partial charge in [0.05, 0.1) is 30.9 Å². The van der Waals surface area contributed by atoms with Crippen LogP contribution in [0.5, 0.6) is 11.6 Å². The summed E-state index contributed by atoms with van der Waals surface area (Å²) < 4.78 is 67.3. The van der Waals surface area contributed by atoms with Crippen LogP contribution in [0.1, 0.15) is 44.9 Å². The van der Waals surface area contributed by atoms with Gasteiger partial charge in [-0.05, 0) is 62.6 Å². The Kier molecular flexibility index (Phi) is 8.97.